The summed E-state index contributed by atoms with van der Waals surface area (Å²) in [4.78, 5) is 10.5. The first-order chi connectivity index (χ1) is 6.19. The number of hydrogen-bond acceptors (Lipinski definition) is 1. The van der Waals surface area contributed by atoms with E-state index in [-0.39, 0.29) is 11.7 Å². The molecular weight excluding hydrogens is 191 g/mol. The Hall–Kier alpha value is -0.890. The highest BCUT2D eigenvalue weighted by molar-refractivity contribution is 6.19. The molecule has 0 fully saturated rings. The Bertz CT molecular complexity index is 312. The van der Waals surface area contributed by atoms with Crippen LogP contribution in [0.4, 0.5) is 4.39 Å². The van der Waals surface area contributed by atoms with E-state index in [1.54, 1.807) is 19.1 Å². The van der Waals surface area contributed by atoms with Crippen LogP contribution in [0.25, 0.3) is 0 Å². The number of benzene rings is 1. The van der Waals surface area contributed by atoms with Crippen molar-refractivity contribution in [3.63, 3.8) is 0 Å². The number of hydrogen-bond donors (Lipinski definition) is 0. The van der Waals surface area contributed by atoms with Crippen molar-refractivity contribution in [1.82, 2.24) is 0 Å². The molecule has 0 saturated carbocycles. The lowest BCUT2D eigenvalue weighted by molar-refractivity contribution is -0.108. The third-order valence-electron chi connectivity index (χ3n) is 1.95. The summed E-state index contributed by atoms with van der Waals surface area (Å²) in [6.45, 7) is 1.68. The van der Waals surface area contributed by atoms with Gasteiger partial charge >= 0.3 is 0 Å². The van der Waals surface area contributed by atoms with Gasteiger partial charge in [0, 0.05) is 5.88 Å². The first-order valence-corrected chi connectivity index (χ1v) is 4.49. The lowest BCUT2D eigenvalue weighted by atomic mass is 10.0. The van der Waals surface area contributed by atoms with E-state index in [2.05, 4.69) is 0 Å². The van der Waals surface area contributed by atoms with E-state index in [0.717, 1.165) is 6.29 Å². The van der Waals surface area contributed by atoms with Crippen LogP contribution in [0.2, 0.25) is 0 Å². The Balaban J connectivity index is 3.01. The van der Waals surface area contributed by atoms with Gasteiger partial charge in [0.2, 0.25) is 0 Å². The maximum atomic E-state index is 13.1. The lowest BCUT2D eigenvalue weighted by Gasteiger charge is -2.07. The van der Waals surface area contributed by atoms with E-state index in [4.69, 9.17) is 11.6 Å². The normalized spacial score (nSPS) is 12.5. The highest BCUT2D eigenvalue weighted by Crippen LogP contribution is 2.18. The van der Waals surface area contributed by atoms with Crippen molar-refractivity contribution < 1.29 is 9.18 Å². The van der Waals surface area contributed by atoms with Crippen LogP contribution in [0.15, 0.2) is 18.2 Å². The minimum Gasteiger partial charge on any atom is -0.303 e. The van der Waals surface area contributed by atoms with Gasteiger partial charge in [0.15, 0.2) is 0 Å². The molecular formula is C10H10ClFO. The zero-order chi connectivity index (χ0) is 9.84. The summed E-state index contributed by atoms with van der Waals surface area (Å²) in [6.07, 6.45) is 0.733. The quantitative estimate of drug-likeness (QED) is 0.542. The van der Waals surface area contributed by atoms with Gasteiger partial charge < -0.3 is 4.79 Å². The second kappa shape index (κ2) is 4.38. The molecule has 0 saturated heterocycles. The fourth-order valence-corrected chi connectivity index (χ4v) is 1.29. The van der Waals surface area contributed by atoms with Crippen molar-refractivity contribution in [3.8, 4) is 0 Å². The van der Waals surface area contributed by atoms with Gasteiger partial charge in [0.1, 0.15) is 12.1 Å². The molecule has 1 aromatic carbocycles. The Morgan fingerprint density at radius 1 is 1.62 bits per heavy atom. The number of aldehydes is 1. The molecule has 0 spiro atoms. The monoisotopic (exact) mass is 200 g/mol. The van der Waals surface area contributed by atoms with Crippen LogP contribution in [0.1, 0.15) is 17.0 Å². The van der Waals surface area contributed by atoms with E-state index >= 15 is 0 Å². The first kappa shape index (κ1) is 10.2. The minimum atomic E-state index is -0.406. The van der Waals surface area contributed by atoms with Crippen LogP contribution in [0, 0.1) is 12.7 Å². The zero-order valence-electron chi connectivity index (χ0n) is 7.26. The number of rotatable bonds is 3. The minimum absolute atomic E-state index is 0.187. The molecule has 1 aromatic rings. The van der Waals surface area contributed by atoms with Crippen LogP contribution in [-0.2, 0) is 4.79 Å². The Kier molecular flexibility index (Phi) is 3.43. The van der Waals surface area contributed by atoms with Gasteiger partial charge in [-0.05, 0) is 24.1 Å². The zero-order valence-corrected chi connectivity index (χ0v) is 8.01. The molecule has 0 heterocycles. The molecule has 1 unspecified atom stereocenters. The van der Waals surface area contributed by atoms with E-state index in [9.17, 15) is 9.18 Å². The van der Waals surface area contributed by atoms with Gasteiger partial charge in [-0.1, -0.05) is 12.1 Å². The molecule has 0 amide bonds. The second-order valence-electron chi connectivity index (χ2n) is 2.91. The first-order valence-electron chi connectivity index (χ1n) is 3.96. The van der Waals surface area contributed by atoms with Crippen molar-refractivity contribution in [3.05, 3.63) is 35.1 Å². The number of alkyl halides is 1. The number of carbonyl (C=O) groups excluding carboxylic acids is 1. The fraction of sp³-hybridized carbons (Fsp3) is 0.300. The average Bonchev–Trinajstić information content (AvgIpc) is 2.13. The third-order valence-corrected chi connectivity index (χ3v) is 2.29. The van der Waals surface area contributed by atoms with Gasteiger partial charge in [-0.2, -0.15) is 0 Å². The van der Waals surface area contributed by atoms with E-state index < -0.39 is 5.92 Å². The van der Waals surface area contributed by atoms with Crippen molar-refractivity contribution in [2.75, 3.05) is 5.88 Å². The van der Waals surface area contributed by atoms with Crippen LogP contribution >= 0.6 is 11.6 Å². The summed E-state index contributed by atoms with van der Waals surface area (Å²) in [5.41, 5.74) is 1.20. The highest BCUT2D eigenvalue weighted by atomic mass is 35.5. The van der Waals surface area contributed by atoms with E-state index in [1.807, 2.05) is 0 Å². The Labute approximate surface area is 81.5 Å². The summed E-state index contributed by atoms with van der Waals surface area (Å²) in [5.74, 6) is -0.516. The number of halogens is 2. The van der Waals surface area contributed by atoms with Crippen LogP contribution in [0.5, 0.6) is 0 Å². The number of carbonyl (C=O) groups is 1. The number of aryl methyl sites for hydroxylation is 1. The summed E-state index contributed by atoms with van der Waals surface area (Å²) < 4.78 is 13.1. The topological polar surface area (TPSA) is 17.1 Å². The molecule has 3 heteroatoms. The van der Waals surface area contributed by atoms with E-state index in [1.165, 1.54) is 6.07 Å². The Morgan fingerprint density at radius 3 is 2.77 bits per heavy atom. The molecule has 1 rings (SSSR count). The maximum Gasteiger partial charge on any atom is 0.128 e. The van der Waals surface area contributed by atoms with Crippen molar-refractivity contribution >= 4 is 17.9 Å². The lowest BCUT2D eigenvalue weighted by Crippen LogP contribution is -2.02. The summed E-state index contributed by atoms with van der Waals surface area (Å²) in [6, 6.07) is 4.73. The molecule has 0 aliphatic carbocycles. The molecule has 0 radical (unpaired) electrons. The van der Waals surface area contributed by atoms with Gasteiger partial charge in [0.05, 0.1) is 5.92 Å². The molecule has 70 valence electrons. The SMILES string of the molecule is Cc1ccc(C(C=O)CCl)cc1F. The highest BCUT2D eigenvalue weighted by Gasteiger charge is 2.10. The predicted octanol–water partition coefficient (Wildman–Crippen LogP) is 2.66. The molecule has 1 atom stereocenters. The van der Waals surface area contributed by atoms with Gasteiger partial charge in [-0.25, -0.2) is 4.39 Å². The van der Waals surface area contributed by atoms with Crippen LogP contribution < -0.4 is 0 Å². The van der Waals surface area contributed by atoms with Gasteiger partial charge in [-0.15, -0.1) is 11.6 Å². The van der Waals surface area contributed by atoms with Gasteiger partial charge in [-0.3, -0.25) is 0 Å². The smallest absolute Gasteiger partial charge is 0.128 e. The maximum absolute atomic E-state index is 13.1. The summed E-state index contributed by atoms with van der Waals surface area (Å²) in [5, 5.41) is 0. The third kappa shape index (κ3) is 2.28. The molecule has 0 N–H and O–H groups in total. The molecule has 0 aromatic heterocycles. The van der Waals surface area contributed by atoms with Crippen molar-refractivity contribution in [2.45, 2.75) is 12.8 Å². The van der Waals surface area contributed by atoms with Crippen LogP contribution in [0.3, 0.4) is 0 Å². The van der Waals surface area contributed by atoms with Gasteiger partial charge in [0.25, 0.3) is 0 Å². The molecule has 13 heavy (non-hydrogen) atoms. The summed E-state index contributed by atoms with van der Waals surface area (Å²) >= 11 is 5.54. The average molecular weight is 201 g/mol. The molecule has 0 aliphatic rings. The molecule has 0 aliphatic heterocycles. The van der Waals surface area contributed by atoms with Crippen LogP contribution in [-0.4, -0.2) is 12.2 Å². The van der Waals surface area contributed by atoms with Crippen molar-refractivity contribution in [1.29, 1.82) is 0 Å². The van der Waals surface area contributed by atoms with Crippen molar-refractivity contribution in [2.24, 2.45) is 0 Å². The largest absolute Gasteiger partial charge is 0.303 e. The fourth-order valence-electron chi connectivity index (χ4n) is 1.04. The standard InChI is InChI=1S/C10H10ClFO/c1-7-2-3-8(4-10(7)12)9(5-11)6-13/h2-4,6,9H,5H2,1H3. The predicted molar refractivity (Wildman–Crippen MR) is 50.7 cm³/mol. The molecule has 0 bridgehead atoms. The second-order valence-corrected chi connectivity index (χ2v) is 3.21. The summed E-state index contributed by atoms with van der Waals surface area (Å²) in [7, 11) is 0. The Morgan fingerprint density at radius 2 is 2.31 bits per heavy atom. The molecule has 1 nitrogen and oxygen atoms in total. The van der Waals surface area contributed by atoms with E-state index in [0.29, 0.717) is 11.1 Å².